The number of fused-ring (bicyclic) bond motifs is 5. The van der Waals surface area contributed by atoms with E-state index >= 15 is 0 Å². The Labute approximate surface area is 146 Å². The van der Waals surface area contributed by atoms with Crippen molar-refractivity contribution in [3.63, 3.8) is 0 Å². The number of carbonyl (C=O) groups excluding carboxylic acids is 1. The summed E-state index contributed by atoms with van der Waals surface area (Å²) in [6.45, 7) is 9.04. The van der Waals surface area contributed by atoms with E-state index in [0.29, 0.717) is 29.7 Å². The summed E-state index contributed by atoms with van der Waals surface area (Å²) < 4.78 is 0. The van der Waals surface area contributed by atoms with Crippen LogP contribution in [0.4, 0.5) is 0 Å². The van der Waals surface area contributed by atoms with E-state index < -0.39 is 5.60 Å². The Balaban J connectivity index is 1.71. The van der Waals surface area contributed by atoms with E-state index in [1.807, 2.05) is 11.9 Å². The molecule has 0 aromatic rings. The molecular formula is C21H33NO2. The summed E-state index contributed by atoms with van der Waals surface area (Å²) in [6, 6.07) is 0.347. The van der Waals surface area contributed by atoms with Gasteiger partial charge in [-0.3, -0.25) is 4.79 Å². The number of hydrogen-bond donors (Lipinski definition) is 1. The van der Waals surface area contributed by atoms with E-state index in [4.69, 9.17) is 0 Å². The lowest BCUT2D eigenvalue weighted by molar-refractivity contribution is -0.149. The monoisotopic (exact) mass is 331 g/mol. The molecule has 3 heteroatoms. The fraction of sp³-hybridized carbons (Fsp3) is 0.857. The Morgan fingerprint density at radius 3 is 2.58 bits per heavy atom. The second-order valence-corrected chi connectivity index (χ2v) is 9.86. The van der Waals surface area contributed by atoms with Crippen LogP contribution in [0.1, 0.15) is 59.8 Å². The highest BCUT2D eigenvalue weighted by atomic mass is 16.3. The maximum absolute atomic E-state index is 12.1. The van der Waals surface area contributed by atoms with Gasteiger partial charge in [-0.25, -0.2) is 0 Å². The molecule has 3 aliphatic carbocycles. The molecular weight excluding hydrogens is 298 g/mol. The van der Waals surface area contributed by atoms with Gasteiger partial charge in [-0.05, 0) is 74.2 Å². The van der Waals surface area contributed by atoms with Gasteiger partial charge < -0.3 is 10.0 Å². The van der Waals surface area contributed by atoms with Crippen molar-refractivity contribution < 1.29 is 9.90 Å². The molecule has 0 saturated heterocycles. The largest absolute Gasteiger partial charge is 0.389 e. The van der Waals surface area contributed by atoms with Crippen LogP contribution in [0.15, 0.2) is 12.2 Å². The number of aliphatic hydroxyl groups is 1. The van der Waals surface area contributed by atoms with Crippen molar-refractivity contribution >= 4 is 5.91 Å². The fourth-order valence-electron chi connectivity index (χ4n) is 7.29. The lowest BCUT2D eigenvalue weighted by Crippen LogP contribution is -2.60. The van der Waals surface area contributed by atoms with Crippen LogP contribution in [0.5, 0.6) is 0 Å². The molecule has 4 rings (SSSR count). The molecule has 1 N–H and O–H groups in total. The lowest BCUT2D eigenvalue weighted by atomic mass is 9.47. The predicted octanol–water partition coefficient (Wildman–Crippen LogP) is 3.62. The van der Waals surface area contributed by atoms with Gasteiger partial charge >= 0.3 is 0 Å². The molecule has 4 aliphatic rings. The Hall–Kier alpha value is -0.830. The van der Waals surface area contributed by atoms with E-state index in [-0.39, 0.29) is 16.7 Å². The molecule has 0 radical (unpaired) electrons. The van der Waals surface area contributed by atoms with Crippen LogP contribution >= 0.6 is 0 Å². The zero-order valence-electron chi connectivity index (χ0n) is 15.9. The second kappa shape index (κ2) is 4.87. The smallest absolute Gasteiger partial charge is 0.246 e. The Morgan fingerprint density at radius 1 is 1.17 bits per heavy atom. The lowest BCUT2D eigenvalue weighted by Gasteiger charge is -2.60. The van der Waals surface area contributed by atoms with Gasteiger partial charge in [0.1, 0.15) is 0 Å². The molecule has 24 heavy (non-hydrogen) atoms. The molecule has 3 fully saturated rings. The van der Waals surface area contributed by atoms with Gasteiger partial charge in [0.2, 0.25) is 5.91 Å². The van der Waals surface area contributed by atoms with Crippen molar-refractivity contribution in [1.29, 1.82) is 0 Å². The third kappa shape index (κ3) is 1.80. The van der Waals surface area contributed by atoms with Crippen LogP contribution in [0.25, 0.3) is 0 Å². The van der Waals surface area contributed by atoms with Crippen molar-refractivity contribution in [2.24, 2.45) is 34.5 Å². The van der Waals surface area contributed by atoms with E-state index in [2.05, 4.69) is 33.8 Å². The first-order valence-electron chi connectivity index (χ1n) is 9.81. The van der Waals surface area contributed by atoms with Crippen molar-refractivity contribution in [1.82, 2.24) is 4.90 Å². The quantitative estimate of drug-likeness (QED) is 0.736. The molecule has 3 saturated carbocycles. The van der Waals surface area contributed by atoms with Gasteiger partial charge in [0.05, 0.1) is 5.60 Å². The second-order valence-electron chi connectivity index (χ2n) is 9.86. The first-order valence-corrected chi connectivity index (χ1v) is 9.81. The first-order chi connectivity index (χ1) is 11.1. The molecule has 8 atom stereocenters. The van der Waals surface area contributed by atoms with Gasteiger partial charge in [0.15, 0.2) is 0 Å². The molecule has 0 bridgehead atoms. The minimum absolute atomic E-state index is 0.0525. The molecule has 1 heterocycles. The summed E-state index contributed by atoms with van der Waals surface area (Å²) in [6.07, 6.45) is 9.80. The maximum Gasteiger partial charge on any atom is 0.246 e. The Bertz CT molecular complexity index is 597. The molecule has 3 unspecified atom stereocenters. The topological polar surface area (TPSA) is 40.5 Å². The maximum atomic E-state index is 12.1. The minimum atomic E-state index is -0.546. The number of amides is 1. The summed E-state index contributed by atoms with van der Waals surface area (Å²) in [4.78, 5) is 14.1. The van der Waals surface area contributed by atoms with E-state index in [9.17, 15) is 9.90 Å². The number of rotatable bonds is 0. The Kier molecular flexibility index (Phi) is 3.37. The molecule has 0 aromatic heterocycles. The van der Waals surface area contributed by atoms with Crippen molar-refractivity contribution in [3.05, 3.63) is 12.2 Å². The highest BCUT2D eigenvalue weighted by Crippen LogP contribution is 2.67. The molecule has 0 aromatic carbocycles. The van der Waals surface area contributed by atoms with E-state index in [0.717, 1.165) is 19.3 Å². The third-order valence-corrected chi connectivity index (χ3v) is 9.24. The standard InChI is InChI=1S/C21H33NO2/c1-13-12-16-14-6-7-17-19(2,10-9-18(23)22(17)5)15(14)8-11-20(16,3)21(13,4)24/h9-10,13-17,24H,6-8,11-12H2,1-5H3/t13?,14-,15-,16+,17?,19-,20+,21?/m1/s1. The molecule has 1 amide bonds. The van der Waals surface area contributed by atoms with Crippen LogP contribution in [0, 0.1) is 34.5 Å². The van der Waals surface area contributed by atoms with Crippen molar-refractivity contribution in [2.45, 2.75) is 71.4 Å². The van der Waals surface area contributed by atoms with Gasteiger partial charge in [0, 0.05) is 18.5 Å². The van der Waals surface area contributed by atoms with Gasteiger partial charge in [-0.2, -0.15) is 0 Å². The summed E-state index contributed by atoms with van der Waals surface area (Å²) in [5, 5.41) is 11.2. The SMILES string of the molecule is CC1C[C@H]2[C@@H]3CCC4N(C)C(=O)C=C[C@]4(C)[C@@H]3CC[C@]2(C)C1(C)O. The molecule has 0 spiro atoms. The van der Waals surface area contributed by atoms with E-state index in [1.165, 1.54) is 12.8 Å². The van der Waals surface area contributed by atoms with Gasteiger partial charge in [0.25, 0.3) is 0 Å². The predicted molar refractivity (Wildman–Crippen MR) is 95.3 cm³/mol. The van der Waals surface area contributed by atoms with Gasteiger partial charge in [-0.15, -0.1) is 0 Å². The van der Waals surface area contributed by atoms with Crippen LogP contribution in [-0.2, 0) is 4.79 Å². The van der Waals surface area contributed by atoms with Gasteiger partial charge in [-0.1, -0.05) is 26.8 Å². The molecule has 3 nitrogen and oxygen atoms in total. The summed E-state index contributed by atoms with van der Waals surface area (Å²) >= 11 is 0. The summed E-state index contributed by atoms with van der Waals surface area (Å²) in [5.41, 5.74) is -0.392. The number of carbonyl (C=O) groups is 1. The third-order valence-electron chi connectivity index (χ3n) is 9.24. The number of nitrogens with zero attached hydrogens (tertiary/aromatic N) is 1. The zero-order chi connectivity index (χ0) is 17.5. The van der Waals surface area contributed by atoms with E-state index in [1.54, 1.807) is 6.08 Å². The Morgan fingerprint density at radius 2 is 1.88 bits per heavy atom. The van der Waals surface area contributed by atoms with Crippen LogP contribution in [0.3, 0.4) is 0 Å². The number of likely N-dealkylation sites (N-methyl/N-ethyl adjacent to an activating group) is 1. The fourth-order valence-corrected chi connectivity index (χ4v) is 7.29. The highest BCUT2D eigenvalue weighted by molar-refractivity contribution is 5.89. The zero-order valence-corrected chi connectivity index (χ0v) is 15.9. The van der Waals surface area contributed by atoms with Crippen LogP contribution in [-0.4, -0.2) is 34.6 Å². The normalized spacial score (nSPS) is 56.7. The van der Waals surface area contributed by atoms with Crippen LogP contribution < -0.4 is 0 Å². The molecule has 134 valence electrons. The first kappa shape index (κ1) is 16.6. The number of hydrogen-bond acceptors (Lipinski definition) is 2. The highest BCUT2D eigenvalue weighted by Gasteiger charge is 2.65. The van der Waals surface area contributed by atoms with Crippen molar-refractivity contribution in [2.75, 3.05) is 7.05 Å². The summed E-state index contributed by atoms with van der Waals surface area (Å²) in [7, 11) is 1.98. The average Bonchev–Trinajstić information content (AvgIpc) is 2.71. The van der Waals surface area contributed by atoms with Crippen molar-refractivity contribution in [3.8, 4) is 0 Å². The average molecular weight is 332 g/mol. The molecule has 1 aliphatic heterocycles. The summed E-state index contributed by atoms with van der Waals surface area (Å²) in [5.74, 6) is 2.49. The minimum Gasteiger partial charge on any atom is -0.389 e. The van der Waals surface area contributed by atoms with Crippen LogP contribution in [0.2, 0.25) is 0 Å².